The lowest BCUT2D eigenvalue weighted by Crippen LogP contribution is -2.29. The quantitative estimate of drug-likeness (QED) is 0.658. The van der Waals surface area contributed by atoms with Crippen molar-refractivity contribution in [2.24, 2.45) is 0 Å². The van der Waals surface area contributed by atoms with Crippen molar-refractivity contribution < 1.29 is 4.39 Å². The van der Waals surface area contributed by atoms with E-state index in [4.69, 9.17) is 0 Å². The molecule has 1 aromatic heterocycles. The van der Waals surface area contributed by atoms with Gasteiger partial charge in [0.15, 0.2) is 0 Å². The Hall–Kier alpha value is -1.12. The van der Waals surface area contributed by atoms with Gasteiger partial charge in [0.25, 0.3) is 0 Å². The number of piperidine rings is 1. The molecule has 2 rings (SSSR count). The molecule has 0 radical (unpaired) electrons. The number of rotatable bonds is 1. The first kappa shape index (κ1) is 8.48. The Morgan fingerprint density at radius 3 is 2.62 bits per heavy atom. The molecule has 70 valence electrons. The van der Waals surface area contributed by atoms with Gasteiger partial charge in [-0.15, -0.1) is 0 Å². The van der Waals surface area contributed by atoms with Crippen LogP contribution in [0.1, 0.15) is 19.3 Å². The van der Waals surface area contributed by atoms with Gasteiger partial charge in [-0.05, 0) is 19.3 Å². The molecule has 0 atom stereocenters. The lowest BCUT2D eigenvalue weighted by molar-refractivity contribution is 0.572. The summed E-state index contributed by atoms with van der Waals surface area (Å²) in [5.74, 6) is -0.247. The van der Waals surface area contributed by atoms with Gasteiger partial charge in [-0.25, -0.2) is 4.39 Å². The zero-order valence-electron chi connectivity index (χ0n) is 7.54. The molecule has 3 heteroatoms. The van der Waals surface area contributed by atoms with E-state index in [0.29, 0.717) is 0 Å². The fourth-order valence-corrected chi connectivity index (χ4v) is 1.73. The Bertz CT molecular complexity index is 282. The van der Waals surface area contributed by atoms with Crippen LogP contribution in [0.5, 0.6) is 0 Å². The lowest BCUT2D eigenvalue weighted by Gasteiger charge is -2.28. The topological polar surface area (TPSA) is 16.1 Å². The van der Waals surface area contributed by atoms with E-state index < -0.39 is 0 Å². The van der Waals surface area contributed by atoms with Gasteiger partial charge in [0, 0.05) is 19.2 Å². The maximum Gasteiger partial charge on any atom is 0.143 e. The van der Waals surface area contributed by atoms with Gasteiger partial charge in [0.1, 0.15) is 5.82 Å². The van der Waals surface area contributed by atoms with Crippen LogP contribution in [0.4, 0.5) is 10.1 Å². The predicted molar refractivity (Wildman–Crippen MR) is 50.3 cm³/mol. The zero-order valence-corrected chi connectivity index (χ0v) is 7.54. The summed E-state index contributed by atoms with van der Waals surface area (Å²) in [6.07, 6.45) is 6.67. The Labute approximate surface area is 77.4 Å². The third-order valence-corrected chi connectivity index (χ3v) is 2.41. The summed E-state index contributed by atoms with van der Waals surface area (Å²) in [4.78, 5) is 6.04. The van der Waals surface area contributed by atoms with Crippen LogP contribution in [-0.4, -0.2) is 18.1 Å². The third kappa shape index (κ3) is 1.97. The molecule has 1 aromatic rings. The van der Waals surface area contributed by atoms with Crippen molar-refractivity contribution in [3.8, 4) is 0 Å². The maximum atomic E-state index is 12.8. The van der Waals surface area contributed by atoms with E-state index in [0.717, 1.165) is 18.8 Å². The number of pyridine rings is 1. The molecular formula is C10H13FN2. The van der Waals surface area contributed by atoms with E-state index in [1.54, 1.807) is 12.3 Å². The van der Waals surface area contributed by atoms with Crippen molar-refractivity contribution in [1.29, 1.82) is 0 Å². The second kappa shape index (κ2) is 3.73. The van der Waals surface area contributed by atoms with Crippen LogP contribution in [0.2, 0.25) is 0 Å². The number of anilines is 1. The number of aromatic nitrogens is 1. The van der Waals surface area contributed by atoms with Crippen molar-refractivity contribution in [3.63, 3.8) is 0 Å². The summed E-state index contributed by atoms with van der Waals surface area (Å²) in [7, 11) is 0. The van der Waals surface area contributed by atoms with Crippen LogP contribution in [0.15, 0.2) is 18.5 Å². The van der Waals surface area contributed by atoms with Crippen LogP contribution >= 0.6 is 0 Å². The smallest absolute Gasteiger partial charge is 0.143 e. The van der Waals surface area contributed by atoms with E-state index in [1.807, 2.05) is 0 Å². The van der Waals surface area contributed by atoms with Gasteiger partial charge in [0.2, 0.25) is 0 Å². The minimum Gasteiger partial charge on any atom is -0.370 e. The summed E-state index contributed by atoms with van der Waals surface area (Å²) < 4.78 is 12.8. The molecule has 1 fully saturated rings. The number of halogens is 1. The normalized spacial score (nSPS) is 17.5. The Morgan fingerprint density at radius 2 is 1.92 bits per heavy atom. The summed E-state index contributed by atoms with van der Waals surface area (Å²) in [6, 6.07) is 1.55. The third-order valence-electron chi connectivity index (χ3n) is 2.41. The minimum atomic E-state index is -0.247. The molecule has 0 aromatic carbocycles. The van der Waals surface area contributed by atoms with Crippen molar-refractivity contribution in [3.05, 3.63) is 24.3 Å². The van der Waals surface area contributed by atoms with Crippen LogP contribution in [0, 0.1) is 5.82 Å². The first-order valence-electron chi connectivity index (χ1n) is 4.72. The number of hydrogen-bond donors (Lipinski definition) is 0. The highest BCUT2D eigenvalue weighted by Crippen LogP contribution is 2.18. The molecule has 0 N–H and O–H groups in total. The largest absolute Gasteiger partial charge is 0.370 e. The Morgan fingerprint density at radius 1 is 1.15 bits per heavy atom. The summed E-state index contributed by atoms with van der Waals surface area (Å²) in [5, 5.41) is 0. The van der Waals surface area contributed by atoms with E-state index in [-0.39, 0.29) is 5.82 Å². The van der Waals surface area contributed by atoms with Gasteiger partial charge >= 0.3 is 0 Å². The molecule has 0 amide bonds. The van der Waals surface area contributed by atoms with Crippen molar-refractivity contribution in [2.45, 2.75) is 19.3 Å². The maximum absolute atomic E-state index is 12.8. The molecule has 1 aliphatic rings. The molecule has 2 heterocycles. The van der Waals surface area contributed by atoms with Crippen molar-refractivity contribution in [2.75, 3.05) is 18.0 Å². The standard InChI is InChI=1S/C10H13FN2/c11-9-6-10(8-12-7-9)13-4-2-1-3-5-13/h6-8H,1-5H2. The SMILES string of the molecule is Fc1cncc(N2CCCCC2)c1. The summed E-state index contributed by atoms with van der Waals surface area (Å²) >= 11 is 0. The summed E-state index contributed by atoms with van der Waals surface area (Å²) in [6.45, 7) is 2.07. The fourth-order valence-electron chi connectivity index (χ4n) is 1.73. The highest BCUT2D eigenvalue weighted by Gasteiger charge is 2.11. The van der Waals surface area contributed by atoms with E-state index in [2.05, 4.69) is 9.88 Å². The molecule has 0 saturated carbocycles. The Balaban J connectivity index is 2.14. The molecule has 0 unspecified atom stereocenters. The molecule has 2 nitrogen and oxygen atoms in total. The van der Waals surface area contributed by atoms with E-state index in [9.17, 15) is 4.39 Å². The van der Waals surface area contributed by atoms with Gasteiger partial charge < -0.3 is 4.90 Å². The van der Waals surface area contributed by atoms with Crippen LogP contribution < -0.4 is 4.90 Å². The average Bonchev–Trinajstić information content (AvgIpc) is 2.19. The Kier molecular flexibility index (Phi) is 2.43. The highest BCUT2D eigenvalue weighted by atomic mass is 19.1. The van der Waals surface area contributed by atoms with Gasteiger partial charge in [-0.1, -0.05) is 0 Å². The van der Waals surface area contributed by atoms with Gasteiger partial charge in [0.05, 0.1) is 18.1 Å². The molecule has 13 heavy (non-hydrogen) atoms. The van der Waals surface area contributed by atoms with E-state index in [1.165, 1.54) is 25.5 Å². The zero-order chi connectivity index (χ0) is 9.10. The van der Waals surface area contributed by atoms with Gasteiger partial charge in [-0.3, -0.25) is 4.98 Å². The van der Waals surface area contributed by atoms with Gasteiger partial charge in [-0.2, -0.15) is 0 Å². The molecule has 1 aliphatic heterocycles. The van der Waals surface area contributed by atoms with Crippen LogP contribution in [0.25, 0.3) is 0 Å². The number of hydrogen-bond acceptors (Lipinski definition) is 2. The summed E-state index contributed by atoms with van der Waals surface area (Å²) in [5.41, 5.74) is 0.916. The second-order valence-corrected chi connectivity index (χ2v) is 3.41. The molecule has 0 spiro atoms. The average molecular weight is 180 g/mol. The van der Waals surface area contributed by atoms with Crippen molar-refractivity contribution in [1.82, 2.24) is 4.98 Å². The highest BCUT2D eigenvalue weighted by molar-refractivity contribution is 5.44. The second-order valence-electron chi connectivity index (χ2n) is 3.41. The van der Waals surface area contributed by atoms with Crippen LogP contribution in [0.3, 0.4) is 0 Å². The predicted octanol–water partition coefficient (Wildman–Crippen LogP) is 2.21. The van der Waals surface area contributed by atoms with E-state index >= 15 is 0 Å². The van der Waals surface area contributed by atoms with Crippen molar-refractivity contribution >= 4 is 5.69 Å². The molecule has 0 bridgehead atoms. The number of nitrogens with zero attached hydrogens (tertiary/aromatic N) is 2. The molecular weight excluding hydrogens is 167 g/mol. The first-order valence-corrected chi connectivity index (χ1v) is 4.72. The monoisotopic (exact) mass is 180 g/mol. The van der Waals surface area contributed by atoms with Crippen LogP contribution in [-0.2, 0) is 0 Å². The first-order chi connectivity index (χ1) is 6.36. The molecule has 0 aliphatic carbocycles. The lowest BCUT2D eigenvalue weighted by atomic mass is 10.1. The molecule has 1 saturated heterocycles. The fraction of sp³-hybridized carbons (Fsp3) is 0.500. The minimum absolute atomic E-state index is 0.247.